The van der Waals surface area contributed by atoms with Gasteiger partial charge in [-0.25, -0.2) is 0 Å². The number of hydrogen-bond acceptors (Lipinski definition) is 1. The van der Waals surface area contributed by atoms with E-state index in [9.17, 15) is 13.2 Å². The average Bonchev–Trinajstić information content (AvgIpc) is 2.46. The van der Waals surface area contributed by atoms with Crippen LogP contribution in [-0.2, 0) is 12.6 Å². The molecule has 0 saturated carbocycles. The van der Waals surface area contributed by atoms with Crippen molar-refractivity contribution in [1.82, 2.24) is 0 Å². The molecule has 0 bridgehead atoms. The van der Waals surface area contributed by atoms with Crippen LogP contribution in [-0.4, -0.2) is 0 Å². The van der Waals surface area contributed by atoms with Crippen LogP contribution >= 0.6 is 12.4 Å². The molecule has 0 amide bonds. The molecule has 5 heteroatoms. The number of fused-ring (bicyclic) bond motifs is 1. The van der Waals surface area contributed by atoms with Crippen molar-refractivity contribution in [3.8, 4) is 0 Å². The van der Waals surface area contributed by atoms with Crippen molar-refractivity contribution >= 4 is 12.4 Å². The minimum atomic E-state index is -4.25. The molecule has 0 heterocycles. The van der Waals surface area contributed by atoms with Crippen molar-refractivity contribution in [3.05, 3.63) is 34.9 Å². The van der Waals surface area contributed by atoms with E-state index in [2.05, 4.69) is 0 Å². The molecule has 0 radical (unpaired) electrons. The number of benzene rings is 1. The predicted octanol–water partition coefficient (Wildman–Crippen LogP) is 3.07. The maximum absolute atomic E-state index is 12.5. The van der Waals surface area contributed by atoms with Crippen molar-refractivity contribution < 1.29 is 13.2 Å². The van der Waals surface area contributed by atoms with Gasteiger partial charge in [0, 0.05) is 6.04 Å². The first-order chi connectivity index (χ1) is 6.50. The SMILES string of the molecule is Cl.NC1CCc2c1cccc2C(F)(F)F. The largest absolute Gasteiger partial charge is 0.416 e. The van der Waals surface area contributed by atoms with Crippen LogP contribution in [0.2, 0.25) is 0 Å². The van der Waals surface area contributed by atoms with Crippen molar-refractivity contribution in [3.63, 3.8) is 0 Å². The van der Waals surface area contributed by atoms with E-state index in [-0.39, 0.29) is 18.4 Å². The molecule has 0 spiro atoms. The monoisotopic (exact) mass is 237 g/mol. The third kappa shape index (κ3) is 2.11. The Morgan fingerprint density at radius 1 is 1.27 bits per heavy atom. The van der Waals surface area contributed by atoms with Crippen LogP contribution in [0.15, 0.2) is 18.2 Å². The van der Waals surface area contributed by atoms with Gasteiger partial charge in [0.25, 0.3) is 0 Å². The lowest BCUT2D eigenvalue weighted by atomic mass is 10.0. The first-order valence-electron chi connectivity index (χ1n) is 4.44. The highest BCUT2D eigenvalue weighted by Crippen LogP contribution is 2.39. The Balaban J connectivity index is 0.00000112. The van der Waals surface area contributed by atoms with E-state index in [1.165, 1.54) is 6.07 Å². The Bertz CT molecular complexity index is 362. The van der Waals surface area contributed by atoms with E-state index in [1.807, 2.05) is 0 Å². The average molecular weight is 238 g/mol. The van der Waals surface area contributed by atoms with Crippen LogP contribution in [0.4, 0.5) is 13.2 Å². The van der Waals surface area contributed by atoms with Crippen LogP contribution < -0.4 is 5.73 Å². The van der Waals surface area contributed by atoms with Crippen molar-refractivity contribution in [2.75, 3.05) is 0 Å². The van der Waals surface area contributed by atoms with Gasteiger partial charge in [-0.1, -0.05) is 12.1 Å². The summed E-state index contributed by atoms with van der Waals surface area (Å²) in [6.45, 7) is 0. The Labute approximate surface area is 91.9 Å². The standard InChI is InChI=1S/C10H10F3N.ClH/c11-10(12,13)8-3-1-2-7-6(8)4-5-9(7)14;/h1-3,9H,4-5,14H2;1H. The first-order valence-corrected chi connectivity index (χ1v) is 4.44. The van der Waals surface area contributed by atoms with Gasteiger partial charge in [-0.15, -0.1) is 12.4 Å². The molecule has 1 nitrogen and oxygen atoms in total. The summed E-state index contributed by atoms with van der Waals surface area (Å²) in [6, 6.07) is 4.00. The number of nitrogens with two attached hydrogens (primary N) is 1. The highest BCUT2D eigenvalue weighted by Gasteiger charge is 2.36. The molecule has 84 valence electrons. The molecule has 2 N–H and O–H groups in total. The summed E-state index contributed by atoms with van der Waals surface area (Å²) < 4.78 is 37.6. The van der Waals surface area contributed by atoms with Gasteiger partial charge in [-0.05, 0) is 30.0 Å². The first kappa shape index (κ1) is 12.3. The van der Waals surface area contributed by atoms with Gasteiger partial charge < -0.3 is 5.73 Å². The summed E-state index contributed by atoms with van der Waals surface area (Å²) in [7, 11) is 0. The minimum absolute atomic E-state index is 0. The third-order valence-corrected chi connectivity index (χ3v) is 2.62. The molecule has 15 heavy (non-hydrogen) atoms. The zero-order chi connectivity index (χ0) is 10.3. The van der Waals surface area contributed by atoms with E-state index in [0.717, 1.165) is 6.07 Å². The van der Waals surface area contributed by atoms with E-state index >= 15 is 0 Å². The lowest BCUT2D eigenvalue weighted by Crippen LogP contribution is -2.10. The van der Waals surface area contributed by atoms with Crippen molar-refractivity contribution in [2.45, 2.75) is 25.1 Å². The molecular formula is C10H11ClF3N. The van der Waals surface area contributed by atoms with Gasteiger partial charge in [0.15, 0.2) is 0 Å². The maximum Gasteiger partial charge on any atom is 0.416 e. The molecule has 0 saturated heterocycles. The normalized spacial score (nSPS) is 19.6. The fourth-order valence-electron chi connectivity index (χ4n) is 1.95. The van der Waals surface area contributed by atoms with Gasteiger partial charge in [0.1, 0.15) is 0 Å². The Morgan fingerprint density at radius 2 is 1.93 bits per heavy atom. The summed E-state index contributed by atoms with van der Waals surface area (Å²) >= 11 is 0. The molecular weight excluding hydrogens is 227 g/mol. The van der Waals surface area contributed by atoms with Crippen LogP contribution in [0.3, 0.4) is 0 Å². The van der Waals surface area contributed by atoms with Crippen LogP contribution in [0.1, 0.15) is 29.2 Å². The zero-order valence-corrected chi connectivity index (χ0v) is 8.66. The van der Waals surface area contributed by atoms with Crippen molar-refractivity contribution in [1.29, 1.82) is 0 Å². The molecule has 1 aromatic carbocycles. The summed E-state index contributed by atoms with van der Waals surface area (Å²) in [5, 5.41) is 0. The lowest BCUT2D eigenvalue weighted by Gasteiger charge is -2.12. The van der Waals surface area contributed by atoms with Gasteiger partial charge >= 0.3 is 6.18 Å². The smallest absolute Gasteiger partial charge is 0.324 e. The molecule has 1 aromatic rings. The van der Waals surface area contributed by atoms with Gasteiger partial charge in [-0.3, -0.25) is 0 Å². The summed E-state index contributed by atoms with van der Waals surface area (Å²) in [4.78, 5) is 0. The quantitative estimate of drug-likeness (QED) is 0.737. The van der Waals surface area contributed by atoms with Crippen LogP contribution in [0.25, 0.3) is 0 Å². The van der Waals surface area contributed by atoms with Gasteiger partial charge in [0.05, 0.1) is 5.56 Å². The summed E-state index contributed by atoms with van der Waals surface area (Å²) in [5.74, 6) is 0. The number of halogens is 4. The number of rotatable bonds is 0. The van der Waals surface area contributed by atoms with Gasteiger partial charge in [-0.2, -0.15) is 13.2 Å². The minimum Gasteiger partial charge on any atom is -0.324 e. The van der Waals surface area contributed by atoms with E-state index < -0.39 is 11.7 Å². The van der Waals surface area contributed by atoms with Crippen LogP contribution in [0, 0.1) is 0 Å². The van der Waals surface area contributed by atoms with Crippen LogP contribution in [0.5, 0.6) is 0 Å². The molecule has 0 aromatic heterocycles. The summed E-state index contributed by atoms with van der Waals surface area (Å²) in [5.41, 5.74) is 6.20. The Morgan fingerprint density at radius 3 is 2.53 bits per heavy atom. The number of alkyl halides is 3. The molecule has 0 aliphatic heterocycles. The molecule has 1 unspecified atom stereocenters. The predicted molar refractivity (Wildman–Crippen MR) is 53.9 cm³/mol. The molecule has 0 fully saturated rings. The third-order valence-electron chi connectivity index (χ3n) is 2.62. The van der Waals surface area contributed by atoms with E-state index in [4.69, 9.17) is 5.73 Å². The lowest BCUT2D eigenvalue weighted by molar-refractivity contribution is -0.138. The number of hydrogen-bond donors (Lipinski definition) is 1. The van der Waals surface area contributed by atoms with E-state index in [1.54, 1.807) is 6.07 Å². The second kappa shape index (κ2) is 4.02. The fraction of sp³-hybridized carbons (Fsp3) is 0.400. The molecule has 1 aliphatic rings. The topological polar surface area (TPSA) is 26.0 Å². The maximum atomic E-state index is 12.5. The van der Waals surface area contributed by atoms with Crippen molar-refractivity contribution in [2.24, 2.45) is 5.73 Å². The highest BCUT2D eigenvalue weighted by atomic mass is 35.5. The Kier molecular flexibility index (Phi) is 3.31. The molecule has 1 aliphatic carbocycles. The zero-order valence-electron chi connectivity index (χ0n) is 7.84. The molecule has 1 atom stereocenters. The second-order valence-electron chi connectivity index (χ2n) is 3.52. The second-order valence-corrected chi connectivity index (χ2v) is 3.52. The highest BCUT2D eigenvalue weighted by molar-refractivity contribution is 5.85. The van der Waals surface area contributed by atoms with E-state index in [0.29, 0.717) is 24.0 Å². The van der Waals surface area contributed by atoms with Gasteiger partial charge in [0.2, 0.25) is 0 Å². The summed E-state index contributed by atoms with van der Waals surface area (Å²) in [6.07, 6.45) is -3.20. The fourth-order valence-corrected chi connectivity index (χ4v) is 1.95. The molecule has 2 rings (SSSR count). The Hall–Kier alpha value is -0.740.